The molecule has 1 aromatic heterocycles. The van der Waals surface area contributed by atoms with Gasteiger partial charge in [-0.15, -0.1) is 10.2 Å². The molecule has 2 aliphatic heterocycles. The van der Waals surface area contributed by atoms with Crippen LogP contribution in [0.3, 0.4) is 0 Å². The molecule has 1 unspecified atom stereocenters. The number of ether oxygens (including phenoxy) is 1. The van der Waals surface area contributed by atoms with Crippen molar-refractivity contribution in [2.24, 2.45) is 0 Å². The van der Waals surface area contributed by atoms with Gasteiger partial charge in [-0.25, -0.2) is 0 Å². The summed E-state index contributed by atoms with van der Waals surface area (Å²) >= 11 is 18.8. The molecule has 1 N–H and O–H groups in total. The van der Waals surface area contributed by atoms with Crippen LogP contribution < -0.4 is 4.74 Å². The van der Waals surface area contributed by atoms with E-state index < -0.39 is 6.04 Å². The van der Waals surface area contributed by atoms with Gasteiger partial charge in [0.05, 0.1) is 0 Å². The summed E-state index contributed by atoms with van der Waals surface area (Å²) < 4.78 is 6.23. The Morgan fingerprint density at radius 1 is 1.05 bits per heavy atom. The maximum Gasteiger partial charge on any atom is 0.290 e. The second-order valence-corrected chi connectivity index (χ2v) is 11.3. The molecule has 13 heteroatoms. The zero-order valence-corrected chi connectivity index (χ0v) is 24.8. The van der Waals surface area contributed by atoms with Crippen LogP contribution in [-0.2, 0) is 16.0 Å². The number of hydrogen-bond acceptors (Lipinski definition) is 7. The number of hydrogen-bond donors (Lipinski definition) is 1. The lowest BCUT2D eigenvalue weighted by atomic mass is 9.88. The number of aromatic nitrogens is 4. The Labute approximate surface area is 254 Å². The van der Waals surface area contributed by atoms with Crippen molar-refractivity contribution in [3.05, 3.63) is 68.9 Å². The molecule has 1 atom stereocenters. The molecule has 2 fully saturated rings. The van der Waals surface area contributed by atoms with E-state index in [2.05, 4.69) is 26.4 Å². The average molecular weight is 624 g/mol. The number of likely N-dealkylation sites (tertiary alicyclic amines) is 2. The summed E-state index contributed by atoms with van der Waals surface area (Å²) in [6.45, 7) is 4.86. The number of rotatable bonds is 9. The molecule has 1 amide bonds. The fourth-order valence-corrected chi connectivity index (χ4v) is 6.01. The van der Waals surface area contributed by atoms with Gasteiger partial charge in [0.1, 0.15) is 12.4 Å². The van der Waals surface area contributed by atoms with Crippen molar-refractivity contribution >= 4 is 47.2 Å². The first kappa shape index (κ1) is 31.0. The first-order valence-corrected chi connectivity index (χ1v) is 14.7. The number of piperidine rings is 1. The van der Waals surface area contributed by atoms with Crippen LogP contribution >= 0.6 is 34.8 Å². The van der Waals surface area contributed by atoms with Crippen LogP contribution in [-0.4, -0.2) is 86.8 Å². The smallest absolute Gasteiger partial charge is 0.290 e. The Kier molecular flexibility index (Phi) is 11.6. The summed E-state index contributed by atoms with van der Waals surface area (Å²) in [6, 6.07) is 10.5. The molecule has 3 aromatic rings. The van der Waals surface area contributed by atoms with E-state index in [0.717, 1.165) is 49.4 Å². The van der Waals surface area contributed by atoms with E-state index in [1.54, 1.807) is 12.1 Å². The summed E-state index contributed by atoms with van der Waals surface area (Å²) in [6.07, 6.45) is 5.86. The molecule has 0 bridgehead atoms. The average Bonchev–Trinajstić information content (AvgIpc) is 3.68. The first-order valence-electron chi connectivity index (χ1n) is 13.6. The number of carboxylic acid groups (broad SMARTS) is 1. The van der Waals surface area contributed by atoms with Crippen molar-refractivity contribution in [3.8, 4) is 5.75 Å². The van der Waals surface area contributed by atoms with E-state index >= 15 is 0 Å². The second-order valence-electron chi connectivity index (χ2n) is 10.00. The quantitative estimate of drug-likeness (QED) is 0.332. The van der Waals surface area contributed by atoms with E-state index in [9.17, 15) is 4.79 Å². The SMILES string of the molecule is O=C(C(Cc1ccc(Cl)cc1Cl)n1ncnn1)N1CCC(c2ccc(Cl)cc2OCCN2CCCC2)CC1.O=CO. The standard InChI is InChI=1S/C27H31Cl3N6O2.CH2O2/c28-21-4-3-20(24(30)16-21)15-25(36-32-18-31-33-36)27(37)35-11-7-19(8-12-35)23-6-5-22(29)17-26(23)38-14-13-34-9-1-2-10-34;2-1-3/h3-6,16-19,25H,1-2,7-15H2;1H,(H,2,3). The van der Waals surface area contributed by atoms with Gasteiger partial charge in [0.2, 0.25) is 5.91 Å². The normalized spacial score (nSPS) is 16.6. The third-order valence-electron chi connectivity index (χ3n) is 7.44. The number of tetrazole rings is 1. The predicted octanol–water partition coefficient (Wildman–Crippen LogP) is 5.00. The molecular weight excluding hydrogens is 591 g/mol. The van der Waals surface area contributed by atoms with Crippen LogP contribution in [0, 0.1) is 0 Å². The van der Waals surface area contributed by atoms with E-state index in [4.69, 9.17) is 49.4 Å². The molecule has 2 aliphatic rings. The van der Waals surface area contributed by atoms with E-state index in [0.29, 0.717) is 41.2 Å². The molecule has 3 heterocycles. The Hall–Kier alpha value is -2.92. The van der Waals surface area contributed by atoms with E-state index in [1.165, 1.54) is 24.0 Å². The number of halogens is 3. The lowest BCUT2D eigenvalue weighted by Gasteiger charge is -2.34. The monoisotopic (exact) mass is 622 g/mol. The van der Waals surface area contributed by atoms with Crippen LogP contribution in [0.5, 0.6) is 5.75 Å². The summed E-state index contributed by atoms with van der Waals surface area (Å²) in [7, 11) is 0. The fraction of sp³-hybridized carbons (Fsp3) is 0.464. The predicted molar refractivity (Wildman–Crippen MR) is 157 cm³/mol. The third kappa shape index (κ3) is 8.54. The van der Waals surface area contributed by atoms with Gasteiger partial charge in [-0.3, -0.25) is 14.5 Å². The van der Waals surface area contributed by atoms with Crippen LogP contribution in [0.25, 0.3) is 0 Å². The number of nitrogens with zero attached hydrogens (tertiary/aromatic N) is 6. The van der Waals surface area contributed by atoms with Crippen LogP contribution in [0.1, 0.15) is 48.8 Å². The number of carbonyl (C=O) groups excluding carboxylic acids is 1. The van der Waals surface area contributed by atoms with E-state index in [1.807, 2.05) is 23.1 Å². The largest absolute Gasteiger partial charge is 0.492 e. The molecule has 0 aliphatic carbocycles. The third-order valence-corrected chi connectivity index (χ3v) is 8.26. The van der Waals surface area contributed by atoms with Crippen molar-refractivity contribution in [1.29, 1.82) is 0 Å². The van der Waals surface area contributed by atoms with Gasteiger partial charge >= 0.3 is 0 Å². The van der Waals surface area contributed by atoms with Gasteiger partial charge in [0, 0.05) is 41.1 Å². The van der Waals surface area contributed by atoms with E-state index in [-0.39, 0.29) is 18.3 Å². The van der Waals surface area contributed by atoms with Crippen LogP contribution in [0.2, 0.25) is 15.1 Å². The van der Waals surface area contributed by atoms with Gasteiger partial charge in [0.15, 0.2) is 12.4 Å². The van der Waals surface area contributed by atoms with Crippen molar-refractivity contribution in [2.75, 3.05) is 39.3 Å². The zero-order chi connectivity index (χ0) is 29.2. The highest BCUT2D eigenvalue weighted by atomic mass is 35.5. The minimum Gasteiger partial charge on any atom is -0.492 e. The fourth-order valence-electron chi connectivity index (χ4n) is 5.36. The Balaban J connectivity index is 0.00000124. The number of amides is 1. The van der Waals surface area contributed by atoms with Crippen molar-refractivity contribution < 1.29 is 19.4 Å². The molecule has 220 valence electrons. The molecule has 0 saturated carbocycles. The Bertz CT molecular complexity index is 1280. The van der Waals surface area contributed by atoms with Gasteiger partial charge in [-0.1, -0.05) is 46.9 Å². The van der Waals surface area contributed by atoms with Crippen molar-refractivity contribution in [2.45, 2.75) is 44.1 Å². The Morgan fingerprint density at radius 3 is 2.39 bits per heavy atom. The molecule has 2 aromatic carbocycles. The molecule has 10 nitrogen and oxygen atoms in total. The van der Waals surface area contributed by atoms with Crippen molar-refractivity contribution in [3.63, 3.8) is 0 Å². The summed E-state index contributed by atoms with van der Waals surface area (Å²) in [4.78, 5) is 27.7. The maximum absolute atomic E-state index is 13.7. The Morgan fingerprint density at radius 2 is 1.73 bits per heavy atom. The van der Waals surface area contributed by atoms with Crippen molar-refractivity contribution in [1.82, 2.24) is 30.0 Å². The minimum atomic E-state index is -0.646. The molecular formula is C28H33Cl3N6O4. The zero-order valence-electron chi connectivity index (χ0n) is 22.5. The molecule has 5 rings (SSSR count). The summed E-state index contributed by atoms with van der Waals surface area (Å²) in [5.41, 5.74) is 1.96. The maximum atomic E-state index is 13.7. The van der Waals surface area contributed by atoms with Gasteiger partial charge in [-0.05, 0) is 85.3 Å². The summed E-state index contributed by atoms with van der Waals surface area (Å²) in [5, 5.41) is 20.6. The highest BCUT2D eigenvalue weighted by molar-refractivity contribution is 6.35. The lowest BCUT2D eigenvalue weighted by Crippen LogP contribution is -2.43. The number of benzene rings is 2. The topological polar surface area (TPSA) is 114 Å². The summed E-state index contributed by atoms with van der Waals surface area (Å²) in [5.74, 6) is 1.08. The highest BCUT2D eigenvalue weighted by Crippen LogP contribution is 2.37. The lowest BCUT2D eigenvalue weighted by molar-refractivity contribution is -0.136. The van der Waals surface area contributed by atoms with Gasteiger partial charge < -0.3 is 14.7 Å². The van der Waals surface area contributed by atoms with Gasteiger partial charge in [-0.2, -0.15) is 4.80 Å². The second kappa shape index (κ2) is 15.3. The first-order chi connectivity index (χ1) is 19.9. The molecule has 2 saturated heterocycles. The minimum absolute atomic E-state index is 0.0503. The molecule has 41 heavy (non-hydrogen) atoms. The van der Waals surface area contributed by atoms with Gasteiger partial charge in [0.25, 0.3) is 6.47 Å². The van der Waals surface area contributed by atoms with Crippen LogP contribution in [0.4, 0.5) is 0 Å². The highest BCUT2D eigenvalue weighted by Gasteiger charge is 2.32. The number of carbonyl (C=O) groups is 2. The van der Waals surface area contributed by atoms with Crippen LogP contribution in [0.15, 0.2) is 42.7 Å². The molecule has 0 spiro atoms. The molecule has 0 radical (unpaired) electrons.